The number of anilines is 1. The van der Waals surface area contributed by atoms with Crippen LogP contribution in [0.4, 0.5) is 5.69 Å². The summed E-state index contributed by atoms with van der Waals surface area (Å²) < 4.78 is 0.909. The Morgan fingerprint density at radius 3 is 2.87 bits per heavy atom. The molecule has 0 aromatic heterocycles. The normalized spacial score (nSPS) is 9.73. The molecule has 0 radical (unpaired) electrons. The molecule has 1 rings (SSSR count). The molecule has 0 aliphatic rings. The second-order valence-electron chi connectivity index (χ2n) is 3.25. The first-order valence-corrected chi connectivity index (χ1v) is 5.21. The molecule has 0 saturated heterocycles. The third-order valence-corrected chi connectivity index (χ3v) is 2.61. The second kappa shape index (κ2) is 4.98. The highest BCUT2D eigenvalue weighted by atomic mass is 79.9. The van der Waals surface area contributed by atoms with Gasteiger partial charge in [-0.3, -0.25) is 0 Å². The molecule has 0 unspecified atom stereocenters. The summed E-state index contributed by atoms with van der Waals surface area (Å²) in [6, 6.07) is 5.84. The zero-order valence-corrected chi connectivity index (χ0v) is 9.97. The number of rotatable bonds is 4. The number of nitrogens with one attached hydrogen (secondary N) is 1. The lowest BCUT2D eigenvalue weighted by Gasteiger charge is -2.09. The van der Waals surface area contributed by atoms with Gasteiger partial charge < -0.3 is 10.4 Å². The van der Waals surface area contributed by atoms with Crippen LogP contribution in [-0.2, 0) is 4.79 Å². The first-order chi connectivity index (χ1) is 7.00. The van der Waals surface area contributed by atoms with E-state index in [9.17, 15) is 4.79 Å². The Morgan fingerprint density at radius 1 is 1.60 bits per heavy atom. The van der Waals surface area contributed by atoms with Crippen molar-refractivity contribution < 1.29 is 9.90 Å². The van der Waals surface area contributed by atoms with Gasteiger partial charge in [-0.2, -0.15) is 0 Å². The molecule has 0 aliphatic heterocycles. The van der Waals surface area contributed by atoms with E-state index in [2.05, 4.69) is 27.8 Å². The highest BCUT2D eigenvalue weighted by Gasteiger charge is 2.04. The summed E-state index contributed by atoms with van der Waals surface area (Å²) in [5.74, 6) is -0.980. The van der Waals surface area contributed by atoms with E-state index in [1.165, 1.54) is 0 Å². The number of carbonyl (C=O) groups is 1. The van der Waals surface area contributed by atoms with E-state index in [4.69, 9.17) is 5.11 Å². The molecule has 1 aromatic carbocycles. The Labute approximate surface area is 96.9 Å². The fourth-order valence-corrected chi connectivity index (χ4v) is 1.44. The van der Waals surface area contributed by atoms with Crippen LogP contribution in [0.3, 0.4) is 0 Å². The predicted molar refractivity (Wildman–Crippen MR) is 64.1 cm³/mol. The molecule has 0 fully saturated rings. The molecular formula is C11H12BrNO2. The number of benzene rings is 1. The topological polar surface area (TPSA) is 49.3 Å². The minimum absolute atomic E-state index is 0.142. The van der Waals surface area contributed by atoms with Crippen LogP contribution in [-0.4, -0.2) is 17.6 Å². The molecule has 4 heteroatoms. The fourth-order valence-electron chi connectivity index (χ4n) is 1.05. The summed E-state index contributed by atoms with van der Waals surface area (Å²) in [6.07, 6.45) is 0. The molecule has 2 N–H and O–H groups in total. The van der Waals surface area contributed by atoms with Gasteiger partial charge in [-0.1, -0.05) is 12.6 Å². The molecule has 1 aromatic rings. The first kappa shape index (κ1) is 11.8. The van der Waals surface area contributed by atoms with Gasteiger partial charge in [-0.05, 0) is 40.5 Å². The first-order valence-electron chi connectivity index (χ1n) is 4.42. The average Bonchev–Trinajstić information content (AvgIpc) is 2.18. The Morgan fingerprint density at radius 2 is 2.27 bits per heavy atom. The third-order valence-electron chi connectivity index (χ3n) is 1.92. The fraction of sp³-hybridized carbons (Fsp3) is 0.182. The molecule has 0 bridgehead atoms. The maximum Gasteiger partial charge on any atom is 0.332 e. The van der Waals surface area contributed by atoms with Crippen molar-refractivity contribution in [1.29, 1.82) is 0 Å². The number of carboxylic acids is 1. The summed E-state index contributed by atoms with van der Waals surface area (Å²) in [4.78, 5) is 10.5. The van der Waals surface area contributed by atoms with E-state index >= 15 is 0 Å². The monoisotopic (exact) mass is 269 g/mol. The Bertz CT molecular complexity index is 402. The number of carboxylic acid groups (broad SMARTS) is 1. The molecule has 0 aliphatic carbocycles. The lowest BCUT2D eigenvalue weighted by atomic mass is 10.2. The van der Waals surface area contributed by atoms with E-state index in [1.807, 2.05) is 25.1 Å². The molecule has 0 heterocycles. The molecule has 0 spiro atoms. The number of aliphatic carboxylic acids is 1. The number of hydrogen-bond donors (Lipinski definition) is 2. The van der Waals surface area contributed by atoms with Crippen LogP contribution in [0.1, 0.15) is 5.56 Å². The van der Waals surface area contributed by atoms with Crippen molar-refractivity contribution in [3.05, 3.63) is 40.4 Å². The van der Waals surface area contributed by atoms with Crippen LogP contribution < -0.4 is 5.32 Å². The lowest BCUT2D eigenvalue weighted by Crippen LogP contribution is -2.11. The molecule has 3 nitrogen and oxygen atoms in total. The Kier molecular flexibility index (Phi) is 3.91. The van der Waals surface area contributed by atoms with Gasteiger partial charge in [0.25, 0.3) is 0 Å². The largest absolute Gasteiger partial charge is 0.478 e. The van der Waals surface area contributed by atoms with Gasteiger partial charge in [0.15, 0.2) is 0 Å². The summed E-state index contributed by atoms with van der Waals surface area (Å²) >= 11 is 3.38. The second-order valence-corrected chi connectivity index (χ2v) is 4.10. The lowest BCUT2D eigenvalue weighted by molar-refractivity contribution is -0.132. The van der Waals surface area contributed by atoms with Gasteiger partial charge in [-0.15, -0.1) is 0 Å². The summed E-state index contributed by atoms with van der Waals surface area (Å²) in [5.41, 5.74) is 2.13. The van der Waals surface area contributed by atoms with Crippen LogP contribution in [0.2, 0.25) is 0 Å². The predicted octanol–water partition coefficient (Wildman–Crippen LogP) is 2.81. The van der Waals surface area contributed by atoms with Gasteiger partial charge >= 0.3 is 5.97 Å². The van der Waals surface area contributed by atoms with Gasteiger partial charge in [0.1, 0.15) is 0 Å². The van der Waals surface area contributed by atoms with Gasteiger partial charge in [0.2, 0.25) is 0 Å². The summed E-state index contributed by atoms with van der Waals surface area (Å²) in [6.45, 7) is 5.65. The minimum atomic E-state index is -0.980. The number of aryl methyl sites for hydroxylation is 1. The summed E-state index contributed by atoms with van der Waals surface area (Å²) in [7, 11) is 0. The maximum atomic E-state index is 10.5. The maximum absolute atomic E-state index is 10.5. The average molecular weight is 270 g/mol. The summed E-state index contributed by atoms with van der Waals surface area (Å²) in [5, 5.41) is 11.6. The van der Waals surface area contributed by atoms with E-state index in [1.54, 1.807) is 0 Å². The van der Waals surface area contributed by atoms with E-state index in [0.29, 0.717) is 0 Å². The quantitative estimate of drug-likeness (QED) is 0.827. The molecule has 15 heavy (non-hydrogen) atoms. The zero-order chi connectivity index (χ0) is 11.4. The van der Waals surface area contributed by atoms with E-state index in [-0.39, 0.29) is 12.1 Å². The van der Waals surface area contributed by atoms with Gasteiger partial charge in [0.05, 0.1) is 0 Å². The Balaban J connectivity index is 2.69. The molecule has 0 saturated carbocycles. The molecule has 80 valence electrons. The van der Waals surface area contributed by atoms with Crippen molar-refractivity contribution >= 4 is 27.6 Å². The van der Waals surface area contributed by atoms with Crippen LogP contribution in [0.25, 0.3) is 0 Å². The van der Waals surface area contributed by atoms with Crippen molar-refractivity contribution in [3.8, 4) is 0 Å². The van der Waals surface area contributed by atoms with Crippen molar-refractivity contribution in [2.24, 2.45) is 0 Å². The zero-order valence-electron chi connectivity index (χ0n) is 8.38. The smallest absolute Gasteiger partial charge is 0.332 e. The van der Waals surface area contributed by atoms with Crippen molar-refractivity contribution in [3.63, 3.8) is 0 Å². The van der Waals surface area contributed by atoms with E-state index < -0.39 is 5.97 Å². The number of halogens is 1. The van der Waals surface area contributed by atoms with Crippen molar-refractivity contribution in [1.82, 2.24) is 0 Å². The standard InChI is InChI=1S/C11H12BrNO2/c1-7-3-4-9(12)10(5-7)13-6-8(2)11(14)15/h3-5,13H,2,6H2,1H3,(H,14,15). The molecule has 0 atom stereocenters. The highest BCUT2D eigenvalue weighted by Crippen LogP contribution is 2.23. The van der Waals surface area contributed by atoms with Crippen molar-refractivity contribution in [2.75, 3.05) is 11.9 Å². The van der Waals surface area contributed by atoms with Gasteiger partial charge in [0, 0.05) is 22.3 Å². The SMILES string of the molecule is C=C(CNc1cc(C)ccc1Br)C(=O)O. The molecule has 0 amide bonds. The highest BCUT2D eigenvalue weighted by molar-refractivity contribution is 9.10. The van der Waals surface area contributed by atoms with Crippen LogP contribution >= 0.6 is 15.9 Å². The van der Waals surface area contributed by atoms with Gasteiger partial charge in [-0.25, -0.2) is 4.79 Å². The van der Waals surface area contributed by atoms with Crippen LogP contribution in [0.15, 0.2) is 34.8 Å². The van der Waals surface area contributed by atoms with Crippen molar-refractivity contribution in [2.45, 2.75) is 6.92 Å². The van der Waals surface area contributed by atoms with E-state index in [0.717, 1.165) is 15.7 Å². The number of hydrogen-bond acceptors (Lipinski definition) is 2. The Hall–Kier alpha value is -1.29. The van der Waals surface area contributed by atoms with Crippen LogP contribution in [0, 0.1) is 6.92 Å². The molecular weight excluding hydrogens is 258 g/mol. The third kappa shape index (κ3) is 3.40. The van der Waals surface area contributed by atoms with Crippen LogP contribution in [0.5, 0.6) is 0 Å². The minimum Gasteiger partial charge on any atom is -0.478 e.